The van der Waals surface area contributed by atoms with Crippen LogP contribution in [0.5, 0.6) is 0 Å². The van der Waals surface area contributed by atoms with Gasteiger partial charge < -0.3 is 0 Å². The lowest BCUT2D eigenvalue weighted by Crippen LogP contribution is -2.07. The Morgan fingerprint density at radius 3 is 2.44 bits per heavy atom. The molecule has 0 saturated carbocycles. The zero-order chi connectivity index (χ0) is 12.3. The quantitative estimate of drug-likeness (QED) is 0.768. The molecule has 0 bridgehead atoms. The summed E-state index contributed by atoms with van der Waals surface area (Å²) in [6, 6.07) is 0.325. The zero-order valence-corrected chi connectivity index (χ0v) is 11.3. The van der Waals surface area contributed by atoms with Crippen LogP contribution in [0, 0.1) is 6.92 Å². The number of hydrogen-bond acceptors (Lipinski definition) is 3. The van der Waals surface area contributed by atoms with Gasteiger partial charge in [-0.1, -0.05) is 13.8 Å². The summed E-state index contributed by atoms with van der Waals surface area (Å²) in [4.78, 5) is 0. The fourth-order valence-electron chi connectivity index (χ4n) is 1.70. The molecule has 1 rings (SSSR count). The van der Waals surface area contributed by atoms with Gasteiger partial charge in [0.1, 0.15) is 0 Å². The van der Waals surface area contributed by atoms with E-state index in [1.54, 1.807) is 13.1 Å². The first-order valence-electron chi connectivity index (χ1n) is 5.34. The molecule has 0 radical (unpaired) electrons. The van der Waals surface area contributed by atoms with Crippen molar-refractivity contribution < 1.29 is 8.42 Å². The maximum absolute atomic E-state index is 11.0. The van der Waals surface area contributed by atoms with Crippen LogP contribution >= 0.6 is 10.7 Å². The van der Waals surface area contributed by atoms with Gasteiger partial charge in [0.05, 0.1) is 17.5 Å². The molecule has 0 saturated heterocycles. The molecule has 0 aliphatic rings. The van der Waals surface area contributed by atoms with Gasteiger partial charge in [-0.05, 0) is 19.8 Å². The van der Waals surface area contributed by atoms with Gasteiger partial charge in [0.2, 0.25) is 9.05 Å². The number of aromatic nitrogens is 2. The zero-order valence-electron chi connectivity index (χ0n) is 9.77. The SMILES string of the molecule is CCC(CC)n1cc(CS(=O)(=O)Cl)c(C)n1. The molecule has 92 valence electrons. The van der Waals surface area contributed by atoms with E-state index in [4.69, 9.17) is 10.7 Å². The largest absolute Gasteiger partial charge is 0.269 e. The van der Waals surface area contributed by atoms with Crippen molar-refractivity contribution >= 4 is 19.7 Å². The van der Waals surface area contributed by atoms with E-state index in [0.717, 1.165) is 18.5 Å². The summed E-state index contributed by atoms with van der Waals surface area (Å²) >= 11 is 0. The summed E-state index contributed by atoms with van der Waals surface area (Å²) in [6.07, 6.45) is 3.74. The lowest BCUT2D eigenvalue weighted by atomic mass is 10.2. The Labute approximate surface area is 101 Å². The predicted molar refractivity (Wildman–Crippen MR) is 65.1 cm³/mol. The summed E-state index contributed by atoms with van der Waals surface area (Å²) in [5.74, 6) is -0.152. The molecule has 0 amide bonds. The molecule has 0 unspecified atom stereocenters. The van der Waals surface area contributed by atoms with Gasteiger partial charge in [-0.2, -0.15) is 5.10 Å². The highest BCUT2D eigenvalue weighted by Crippen LogP contribution is 2.19. The molecule has 16 heavy (non-hydrogen) atoms. The standard InChI is InChI=1S/C10H17ClN2O2S/c1-4-10(5-2)13-6-9(8(3)12-13)7-16(11,14)15/h6,10H,4-5,7H2,1-3H3. The second-order valence-corrected chi connectivity index (χ2v) is 6.65. The Bertz CT molecular complexity index is 449. The highest BCUT2D eigenvalue weighted by Gasteiger charge is 2.15. The van der Waals surface area contributed by atoms with Crippen molar-refractivity contribution in [3.8, 4) is 0 Å². The molecule has 1 heterocycles. The van der Waals surface area contributed by atoms with E-state index in [2.05, 4.69) is 18.9 Å². The molecule has 0 N–H and O–H groups in total. The van der Waals surface area contributed by atoms with Crippen LogP contribution in [0.1, 0.15) is 44.0 Å². The van der Waals surface area contributed by atoms with E-state index in [1.165, 1.54) is 0 Å². The van der Waals surface area contributed by atoms with E-state index in [1.807, 2.05) is 4.68 Å². The van der Waals surface area contributed by atoms with Crippen LogP contribution in [0.15, 0.2) is 6.20 Å². The molecule has 0 fully saturated rings. The van der Waals surface area contributed by atoms with Gasteiger partial charge in [-0.15, -0.1) is 0 Å². The lowest BCUT2D eigenvalue weighted by molar-refractivity contribution is 0.426. The Kier molecular flexibility index (Phi) is 4.38. The summed E-state index contributed by atoms with van der Waals surface area (Å²) in [6.45, 7) is 5.97. The fourth-order valence-corrected chi connectivity index (χ4v) is 2.70. The average molecular weight is 265 g/mol. The third kappa shape index (κ3) is 3.49. The molecule has 0 aliphatic carbocycles. The van der Waals surface area contributed by atoms with Gasteiger partial charge in [0, 0.05) is 22.4 Å². The van der Waals surface area contributed by atoms with Gasteiger partial charge in [-0.3, -0.25) is 4.68 Å². The molecule has 0 atom stereocenters. The Balaban J connectivity index is 2.98. The molecule has 0 spiro atoms. The summed E-state index contributed by atoms with van der Waals surface area (Å²) < 4.78 is 23.8. The molecule has 1 aromatic heterocycles. The van der Waals surface area contributed by atoms with Crippen LogP contribution in [0.25, 0.3) is 0 Å². The average Bonchev–Trinajstić information content (AvgIpc) is 2.47. The number of aryl methyl sites for hydroxylation is 1. The van der Waals surface area contributed by atoms with Crippen molar-refractivity contribution in [2.75, 3.05) is 0 Å². The fraction of sp³-hybridized carbons (Fsp3) is 0.700. The van der Waals surface area contributed by atoms with Gasteiger partial charge in [0.25, 0.3) is 0 Å². The summed E-state index contributed by atoms with van der Waals surface area (Å²) in [5, 5.41) is 4.33. The number of nitrogens with zero attached hydrogens (tertiary/aromatic N) is 2. The van der Waals surface area contributed by atoms with Crippen molar-refractivity contribution in [2.24, 2.45) is 0 Å². The minimum atomic E-state index is -3.51. The lowest BCUT2D eigenvalue weighted by Gasteiger charge is -2.12. The van der Waals surface area contributed by atoms with E-state index >= 15 is 0 Å². The number of halogens is 1. The molecule has 0 aromatic carbocycles. The Morgan fingerprint density at radius 2 is 2.00 bits per heavy atom. The van der Waals surface area contributed by atoms with Crippen LogP contribution in [-0.4, -0.2) is 18.2 Å². The monoisotopic (exact) mass is 264 g/mol. The van der Waals surface area contributed by atoms with Gasteiger partial charge in [0.15, 0.2) is 0 Å². The van der Waals surface area contributed by atoms with E-state index in [-0.39, 0.29) is 5.75 Å². The molecule has 0 aliphatic heterocycles. The second kappa shape index (κ2) is 5.19. The summed E-state index contributed by atoms with van der Waals surface area (Å²) in [5.41, 5.74) is 1.41. The maximum Gasteiger partial charge on any atom is 0.236 e. The van der Waals surface area contributed by atoms with Crippen molar-refractivity contribution in [3.05, 3.63) is 17.5 Å². The highest BCUT2D eigenvalue weighted by atomic mass is 35.7. The normalized spacial score (nSPS) is 12.3. The third-order valence-electron chi connectivity index (χ3n) is 2.66. The van der Waals surface area contributed by atoms with Crippen LogP contribution in [0.2, 0.25) is 0 Å². The van der Waals surface area contributed by atoms with Crippen LogP contribution in [-0.2, 0) is 14.8 Å². The number of hydrogen-bond donors (Lipinski definition) is 0. The van der Waals surface area contributed by atoms with E-state index in [0.29, 0.717) is 11.6 Å². The minimum absolute atomic E-state index is 0.152. The Morgan fingerprint density at radius 1 is 1.44 bits per heavy atom. The summed E-state index contributed by atoms with van der Waals surface area (Å²) in [7, 11) is 1.72. The number of rotatable bonds is 5. The van der Waals surface area contributed by atoms with Crippen molar-refractivity contribution in [3.63, 3.8) is 0 Å². The molecular formula is C10H17ClN2O2S. The predicted octanol–water partition coefficient (Wildman–Crippen LogP) is 2.62. The topological polar surface area (TPSA) is 52.0 Å². The first-order chi connectivity index (χ1) is 7.37. The molecule has 4 nitrogen and oxygen atoms in total. The van der Waals surface area contributed by atoms with Gasteiger partial charge >= 0.3 is 0 Å². The third-order valence-corrected chi connectivity index (χ3v) is 3.65. The van der Waals surface area contributed by atoms with Crippen molar-refractivity contribution in [2.45, 2.75) is 45.4 Å². The van der Waals surface area contributed by atoms with E-state index in [9.17, 15) is 8.42 Å². The maximum atomic E-state index is 11.0. The minimum Gasteiger partial charge on any atom is -0.269 e. The smallest absolute Gasteiger partial charge is 0.236 e. The van der Waals surface area contributed by atoms with Crippen molar-refractivity contribution in [1.82, 2.24) is 9.78 Å². The second-order valence-electron chi connectivity index (χ2n) is 3.87. The van der Waals surface area contributed by atoms with Crippen LogP contribution in [0.3, 0.4) is 0 Å². The molecular weight excluding hydrogens is 248 g/mol. The first kappa shape index (κ1) is 13.5. The first-order valence-corrected chi connectivity index (χ1v) is 7.82. The van der Waals surface area contributed by atoms with E-state index < -0.39 is 9.05 Å². The van der Waals surface area contributed by atoms with Gasteiger partial charge in [-0.25, -0.2) is 8.42 Å². The van der Waals surface area contributed by atoms with Crippen LogP contribution in [0.4, 0.5) is 0 Å². The van der Waals surface area contributed by atoms with Crippen LogP contribution < -0.4 is 0 Å². The molecule has 1 aromatic rings. The van der Waals surface area contributed by atoms with Crippen molar-refractivity contribution in [1.29, 1.82) is 0 Å². The highest BCUT2D eigenvalue weighted by molar-refractivity contribution is 8.13. The molecule has 6 heteroatoms. The Hall–Kier alpha value is -0.550.